The van der Waals surface area contributed by atoms with Gasteiger partial charge in [-0.15, -0.1) is 0 Å². The van der Waals surface area contributed by atoms with E-state index in [1.165, 1.54) is 44.9 Å². The van der Waals surface area contributed by atoms with E-state index in [0.29, 0.717) is 0 Å². The third-order valence-electron chi connectivity index (χ3n) is 3.85. The monoisotopic (exact) mass is 182 g/mol. The summed E-state index contributed by atoms with van der Waals surface area (Å²) in [5, 5.41) is 0. The summed E-state index contributed by atoms with van der Waals surface area (Å²) >= 11 is 0. The molecule has 1 saturated carbocycles. The minimum Gasteiger partial charge on any atom is -0.0625 e. The maximum Gasteiger partial charge on any atom is -0.0414 e. The Labute approximate surface area is 84.1 Å². The van der Waals surface area contributed by atoms with Gasteiger partial charge in [-0.2, -0.15) is 0 Å². The average Bonchev–Trinajstić information content (AvgIpc) is 2.09. The SMILES string of the molecule is CC1CCCCCCC(C)C(C)C1. The van der Waals surface area contributed by atoms with Crippen molar-refractivity contribution in [3.8, 4) is 0 Å². The normalized spacial score (nSPS) is 38.5. The molecule has 1 rings (SSSR count). The van der Waals surface area contributed by atoms with Gasteiger partial charge in [0.25, 0.3) is 0 Å². The first kappa shape index (κ1) is 11.1. The predicted molar refractivity (Wildman–Crippen MR) is 59.8 cm³/mol. The van der Waals surface area contributed by atoms with Crippen LogP contribution in [0.4, 0.5) is 0 Å². The maximum absolute atomic E-state index is 2.45. The molecule has 1 fully saturated rings. The van der Waals surface area contributed by atoms with Crippen molar-refractivity contribution in [1.82, 2.24) is 0 Å². The van der Waals surface area contributed by atoms with Crippen LogP contribution in [0, 0.1) is 17.8 Å². The molecule has 0 saturated heterocycles. The molecule has 0 amide bonds. The van der Waals surface area contributed by atoms with E-state index in [2.05, 4.69) is 20.8 Å². The van der Waals surface area contributed by atoms with Crippen LogP contribution in [0.2, 0.25) is 0 Å². The second kappa shape index (κ2) is 5.67. The van der Waals surface area contributed by atoms with Gasteiger partial charge in [0.2, 0.25) is 0 Å². The molecule has 78 valence electrons. The lowest BCUT2D eigenvalue weighted by Gasteiger charge is -2.24. The quantitative estimate of drug-likeness (QED) is 0.512. The number of hydrogen-bond donors (Lipinski definition) is 0. The second-order valence-electron chi connectivity index (χ2n) is 5.29. The van der Waals surface area contributed by atoms with E-state index in [-0.39, 0.29) is 0 Å². The molecule has 3 unspecified atom stereocenters. The van der Waals surface area contributed by atoms with Gasteiger partial charge < -0.3 is 0 Å². The Morgan fingerprint density at radius 1 is 0.692 bits per heavy atom. The van der Waals surface area contributed by atoms with Gasteiger partial charge in [-0.1, -0.05) is 59.3 Å². The standard InChI is InChI=1S/C13H26/c1-11-8-6-4-5-7-9-12(2)13(3)10-11/h11-13H,4-10H2,1-3H3. The highest BCUT2D eigenvalue weighted by Crippen LogP contribution is 2.28. The molecule has 1 aliphatic carbocycles. The van der Waals surface area contributed by atoms with Gasteiger partial charge in [-0.3, -0.25) is 0 Å². The topological polar surface area (TPSA) is 0 Å². The van der Waals surface area contributed by atoms with Crippen molar-refractivity contribution in [2.24, 2.45) is 17.8 Å². The van der Waals surface area contributed by atoms with Crippen LogP contribution in [0.5, 0.6) is 0 Å². The van der Waals surface area contributed by atoms with Crippen LogP contribution in [0.1, 0.15) is 65.7 Å². The van der Waals surface area contributed by atoms with Gasteiger partial charge in [-0.25, -0.2) is 0 Å². The molecular formula is C13H26. The van der Waals surface area contributed by atoms with Crippen molar-refractivity contribution in [2.45, 2.75) is 65.7 Å². The molecule has 3 atom stereocenters. The second-order valence-corrected chi connectivity index (χ2v) is 5.29. The first-order valence-electron chi connectivity index (χ1n) is 6.20. The molecule has 0 aliphatic heterocycles. The summed E-state index contributed by atoms with van der Waals surface area (Å²) in [4.78, 5) is 0. The highest BCUT2D eigenvalue weighted by atomic mass is 14.2. The predicted octanol–water partition coefficient (Wildman–Crippen LogP) is 4.64. The third kappa shape index (κ3) is 4.15. The van der Waals surface area contributed by atoms with Crippen LogP contribution < -0.4 is 0 Å². The Balaban J connectivity index is 2.37. The van der Waals surface area contributed by atoms with Gasteiger partial charge in [0.05, 0.1) is 0 Å². The number of hydrogen-bond acceptors (Lipinski definition) is 0. The largest absolute Gasteiger partial charge is 0.0625 e. The summed E-state index contributed by atoms with van der Waals surface area (Å²) in [7, 11) is 0. The van der Waals surface area contributed by atoms with Crippen LogP contribution in [0.25, 0.3) is 0 Å². The Morgan fingerprint density at radius 3 is 2.00 bits per heavy atom. The Hall–Kier alpha value is 0. The van der Waals surface area contributed by atoms with E-state index in [1.807, 2.05) is 0 Å². The molecule has 1 aliphatic rings. The van der Waals surface area contributed by atoms with E-state index in [9.17, 15) is 0 Å². The molecule has 0 radical (unpaired) electrons. The van der Waals surface area contributed by atoms with Crippen LogP contribution in [-0.4, -0.2) is 0 Å². The summed E-state index contributed by atoms with van der Waals surface area (Å²) in [5.74, 6) is 2.88. The van der Waals surface area contributed by atoms with E-state index in [4.69, 9.17) is 0 Å². The van der Waals surface area contributed by atoms with Crippen molar-refractivity contribution in [3.05, 3.63) is 0 Å². The molecule has 13 heavy (non-hydrogen) atoms. The van der Waals surface area contributed by atoms with Crippen LogP contribution in [0.3, 0.4) is 0 Å². The van der Waals surface area contributed by atoms with Gasteiger partial charge >= 0.3 is 0 Å². The molecule has 0 aromatic heterocycles. The fraction of sp³-hybridized carbons (Fsp3) is 1.00. The zero-order chi connectivity index (χ0) is 9.68. The summed E-state index contributed by atoms with van der Waals surface area (Å²) in [6, 6.07) is 0. The lowest BCUT2D eigenvalue weighted by atomic mass is 9.82. The molecule has 0 aromatic rings. The van der Waals surface area contributed by atoms with Crippen molar-refractivity contribution in [1.29, 1.82) is 0 Å². The first-order chi connectivity index (χ1) is 6.20. The highest BCUT2D eigenvalue weighted by molar-refractivity contribution is 4.67. The number of rotatable bonds is 0. The van der Waals surface area contributed by atoms with Gasteiger partial charge in [0.15, 0.2) is 0 Å². The smallest absolute Gasteiger partial charge is 0.0414 e. The third-order valence-corrected chi connectivity index (χ3v) is 3.85. The van der Waals surface area contributed by atoms with Gasteiger partial charge in [0, 0.05) is 0 Å². The van der Waals surface area contributed by atoms with Gasteiger partial charge in [0.1, 0.15) is 0 Å². The Kier molecular flexibility index (Phi) is 4.83. The lowest BCUT2D eigenvalue weighted by molar-refractivity contribution is 0.271. The Bertz CT molecular complexity index is 128. The molecule has 0 N–H and O–H groups in total. The molecule has 0 heteroatoms. The highest BCUT2D eigenvalue weighted by Gasteiger charge is 2.16. The van der Waals surface area contributed by atoms with E-state index >= 15 is 0 Å². The van der Waals surface area contributed by atoms with Crippen molar-refractivity contribution < 1.29 is 0 Å². The molecule has 0 nitrogen and oxygen atoms in total. The van der Waals surface area contributed by atoms with Crippen LogP contribution in [-0.2, 0) is 0 Å². The minimum absolute atomic E-state index is 0.952. The van der Waals surface area contributed by atoms with Crippen molar-refractivity contribution >= 4 is 0 Å². The zero-order valence-corrected chi connectivity index (χ0v) is 9.68. The maximum atomic E-state index is 2.45. The van der Waals surface area contributed by atoms with E-state index in [1.54, 1.807) is 0 Å². The fourth-order valence-electron chi connectivity index (χ4n) is 2.58. The van der Waals surface area contributed by atoms with E-state index < -0.39 is 0 Å². The molecule has 0 heterocycles. The van der Waals surface area contributed by atoms with Crippen molar-refractivity contribution in [3.63, 3.8) is 0 Å². The summed E-state index contributed by atoms with van der Waals surface area (Å²) < 4.78 is 0. The van der Waals surface area contributed by atoms with Crippen LogP contribution in [0.15, 0.2) is 0 Å². The summed E-state index contributed by atoms with van der Waals surface area (Å²) in [6.07, 6.45) is 10.3. The first-order valence-corrected chi connectivity index (χ1v) is 6.20. The average molecular weight is 182 g/mol. The van der Waals surface area contributed by atoms with Gasteiger partial charge in [-0.05, 0) is 24.2 Å². The van der Waals surface area contributed by atoms with E-state index in [0.717, 1.165) is 17.8 Å². The molecule has 0 spiro atoms. The molecular weight excluding hydrogens is 156 g/mol. The zero-order valence-electron chi connectivity index (χ0n) is 9.68. The van der Waals surface area contributed by atoms with Crippen molar-refractivity contribution in [2.75, 3.05) is 0 Å². The van der Waals surface area contributed by atoms with Crippen LogP contribution >= 0.6 is 0 Å². The fourth-order valence-corrected chi connectivity index (χ4v) is 2.58. The lowest BCUT2D eigenvalue weighted by Crippen LogP contribution is -2.13. The summed E-state index contributed by atoms with van der Waals surface area (Å²) in [6.45, 7) is 7.33. The minimum atomic E-state index is 0.952. The molecule has 0 bridgehead atoms. The summed E-state index contributed by atoms with van der Waals surface area (Å²) in [5.41, 5.74) is 0. The Morgan fingerprint density at radius 2 is 1.31 bits per heavy atom. The molecule has 0 aromatic carbocycles.